The molecule has 0 aliphatic heterocycles. The van der Waals surface area contributed by atoms with Crippen molar-refractivity contribution in [1.82, 2.24) is 5.32 Å². The smallest absolute Gasteiger partial charge is 0.195 e. The third kappa shape index (κ3) is 5.98. The van der Waals surface area contributed by atoms with Crippen LogP contribution < -0.4 is 20.1 Å². The van der Waals surface area contributed by atoms with E-state index in [0.29, 0.717) is 11.5 Å². The second kappa shape index (κ2) is 9.25. The summed E-state index contributed by atoms with van der Waals surface area (Å²) in [5.41, 5.74) is 0.890. The lowest BCUT2D eigenvalue weighted by molar-refractivity contribution is 0.123. The van der Waals surface area contributed by atoms with Gasteiger partial charge in [0.05, 0.1) is 14.2 Å². The fourth-order valence-corrected chi connectivity index (χ4v) is 2.15. The highest BCUT2D eigenvalue weighted by atomic mass is 16.5. The van der Waals surface area contributed by atoms with Crippen molar-refractivity contribution in [2.75, 3.05) is 46.3 Å². The Labute approximate surface area is 138 Å². The first-order valence-electron chi connectivity index (χ1n) is 8.04. The Morgan fingerprint density at radius 3 is 2.65 bits per heavy atom. The van der Waals surface area contributed by atoms with Gasteiger partial charge >= 0.3 is 0 Å². The number of ether oxygens (including phenoxy) is 3. The van der Waals surface area contributed by atoms with Crippen LogP contribution in [0.5, 0.6) is 11.5 Å². The van der Waals surface area contributed by atoms with Gasteiger partial charge in [-0.2, -0.15) is 0 Å². The van der Waals surface area contributed by atoms with Crippen molar-refractivity contribution in [3.05, 3.63) is 18.2 Å². The van der Waals surface area contributed by atoms with Gasteiger partial charge in [0, 0.05) is 38.6 Å². The number of nitrogens with one attached hydrogen (secondary N) is 2. The van der Waals surface area contributed by atoms with E-state index in [1.807, 2.05) is 18.2 Å². The number of benzene rings is 1. The maximum Gasteiger partial charge on any atom is 0.195 e. The van der Waals surface area contributed by atoms with Gasteiger partial charge in [-0.25, -0.2) is 0 Å². The molecule has 6 nitrogen and oxygen atoms in total. The SMILES string of the molecule is CN=C(NCCCOCC1CC1)Nc1ccc(OC)c(OC)c1. The summed E-state index contributed by atoms with van der Waals surface area (Å²) >= 11 is 0. The number of nitrogens with zero attached hydrogens (tertiary/aromatic N) is 1. The van der Waals surface area contributed by atoms with Gasteiger partial charge in [-0.15, -0.1) is 0 Å². The van der Waals surface area contributed by atoms with Crippen molar-refractivity contribution in [1.29, 1.82) is 0 Å². The number of methoxy groups -OCH3 is 2. The fraction of sp³-hybridized carbons (Fsp3) is 0.588. The zero-order chi connectivity index (χ0) is 16.5. The van der Waals surface area contributed by atoms with Gasteiger partial charge in [0.15, 0.2) is 17.5 Å². The topological polar surface area (TPSA) is 64.1 Å². The van der Waals surface area contributed by atoms with E-state index < -0.39 is 0 Å². The maximum absolute atomic E-state index is 5.62. The summed E-state index contributed by atoms with van der Waals surface area (Å²) in [6.45, 7) is 2.52. The monoisotopic (exact) mass is 321 g/mol. The predicted molar refractivity (Wildman–Crippen MR) is 92.7 cm³/mol. The van der Waals surface area contributed by atoms with Crippen LogP contribution in [-0.4, -0.2) is 47.0 Å². The fourth-order valence-electron chi connectivity index (χ4n) is 2.15. The number of rotatable bonds is 9. The van der Waals surface area contributed by atoms with E-state index in [1.165, 1.54) is 12.8 Å². The Morgan fingerprint density at radius 2 is 2.00 bits per heavy atom. The molecule has 128 valence electrons. The van der Waals surface area contributed by atoms with E-state index in [0.717, 1.165) is 43.7 Å². The molecule has 0 aromatic heterocycles. The van der Waals surface area contributed by atoms with E-state index in [9.17, 15) is 0 Å². The Kier molecular flexibility index (Phi) is 7.00. The summed E-state index contributed by atoms with van der Waals surface area (Å²) in [4.78, 5) is 4.22. The number of aliphatic imine (C=N–C) groups is 1. The molecule has 0 unspecified atom stereocenters. The van der Waals surface area contributed by atoms with Crippen molar-refractivity contribution in [2.45, 2.75) is 19.3 Å². The molecule has 2 N–H and O–H groups in total. The van der Waals surface area contributed by atoms with Crippen LogP contribution in [0.4, 0.5) is 5.69 Å². The normalized spacial score (nSPS) is 14.5. The first kappa shape index (κ1) is 17.4. The predicted octanol–water partition coefficient (Wildman–Crippen LogP) is 2.51. The van der Waals surface area contributed by atoms with Crippen molar-refractivity contribution >= 4 is 11.6 Å². The second-order valence-electron chi connectivity index (χ2n) is 5.57. The molecule has 1 saturated carbocycles. The van der Waals surface area contributed by atoms with E-state index in [1.54, 1.807) is 21.3 Å². The zero-order valence-corrected chi connectivity index (χ0v) is 14.2. The summed E-state index contributed by atoms with van der Waals surface area (Å²) in [5, 5.41) is 6.51. The summed E-state index contributed by atoms with van der Waals surface area (Å²) in [6.07, 6.45) is 3.62. The lowest BCUT2D eigenvalue weighted by atomic mass is 10.3. The molecule has 0 radical (unpaired) electrons. The van der Waals surface area contributed by atoms with Crippen molar-refractivity contribution in [3.63, 3.8) is 0 Å². The van der Waals surface area contributed by atoms with Crippen LogP contribution in [0.3, 0.4) is 0 Å². The van der Waals surface area contributed by atoms with Gasteiger partial charge in [0.25, 0.3) is 0 Å². The third-order valence-corrected chi connectivity index (χ3v) is 3.68. The lowest BCUT2D eigenvalue weighted by Crippen LogP contribution is -2.32. The van der Waals surface area contributed by atoms with Crippen LogP contribution in [0, 0.1) is 5.92 Å². The average molecular weight is 321 g/mol. The van der Waals surface area contributed by atoms with E-state index in [-0.39, 0.29) is 0 Å². The van der Waals surface area contributed by atoms with Crippen LogP contribution in [0.2, 0.25) is 0 Å². The van der Waals surface area contributed by atoms with E-state index >= 15 is 0 Å². The molecule has 6 heteroatoms. The molecule has 1 aliphatic rings. The molecule has 0 amide bonds. The second-order valence-corrected chi connectivity index (χ2v) is 5.57. The van der Waals surface area contributed by atoms with Gasteiger partial charge < -0.3 is 24.8 Å². The van der Waals surface area contributed by atoms with Crippen molar-refractivity contribution in [3.8, 4) is 11.5 Å². The quantitative estimate of drug-likeness (QED) is 0.416. The molecule has 0 spiro atoms. The minimum Gasteiger partial charge on any atom is -0.493 e. The van der Waals surface area contributed by atoms with Gasteiger partial charge in [-0.05, 0) is 37.3 Å². The molecule has 1 aliphatic carbocycles. The molecule has 0 atom stereocenters. The molecule has 1 fully saturated rings. The van der Waals surface area contributed by atoms with Crippen LogP contribution in [0.1, 0.15) is 19.3 Å². The number of guanidine groups is 1. The minimum atomic E-state index is 0.682. The number of hydrogen-bond donors (Lipinski definition) is 2. The number of hydrogen-bond acceptors (Lipinski definition) is 4. The summed E-state index contributed by atoms with van der Waals surface area (Å²) in [7, 11) is 4.99. The average Bonchev–Trinajstić information content (AvgIpc) is 3.40. The Morgan fingerprint density at radius 1 is 1.22 bits per heavy atom. The van der Waals surface area contributed by atoms with E-state index in [4.69, 9.17) is 14.2 Å². The summed E-state index contributed by atoms with van der Waals surface area (Å²) in [6, 6.07) is 5.66. The summed E-state index contributed by atoms with van der Waals surface area (Å²) in [5.74, 6) is 2.93. The van der Waals surface area contributed by atoms with Gasteiger partial charge in [-0.3, -0.25) is 4.99 Å². The minimum absolute atomic E-state index is 0.682. The first-order valence-corrected chi connectivity index (χ1v) is 8.04. The molecule has 1 aromatic rings. The highest BCUT2D eigenvalue weighted by molar-refractivity contribution is 5.93. The van der Waals surface area contributed by atoms with Crippen molar-refractivity contribution < 1.29 is 14.2 Å². The van der Waals surface area contributed by atoms with Crippen LogP contribution in [0.25, 0.3) is 0 Å². The summed E-state index contributed by atoms with van der Waals surface area (Å²) < 4.78 is 16.2. The molecule has 0 heterocycles. The highest BCUT2D eigenvalue weighted by Gasteiger charge is 2.20. The largest absolute Gasteiger partial charge is 0.493 e. The maximum atomic E-state index is 5.62. The van der Waals surface area contributed by atoms with Gasteiger partial charge in [0.2, 0.25) is 0 Å². The third-order valence-electron chi connectivity index (χ3n) is 3.68. The van der Waals surface area contributed by atoms with Crippen molar-refractivity contribution in [2.24, 2.45) is 10.9 Å². The van der Waals surface area contributed by atoms with Crippen LogP contribution >= 0.6 is 0 Å². The number of anilines is 1. The Bertz CT molecular complexity index is 516. The molecular formula is C17H27N3O3. The molecule has 1 aromatic carbocycles. The Hall–Kier alpha value is -1.95. The zero-order valence-electron chi connectivity index (χ0n) is 14.2. The molecule has 0 bridgehead atoms. The molecule has 23 heavy (non-hydrogen) atoms. The molecule has 0 saturated heterocycles. The van der Waals surface area contributed by atoms with Crippen LogP contribution in [-0.2, 0) is 4.74 Å². The Balaban J connectivity index is 1.72. The molecule has 2 rings (SSSR count). The molecular weight excluding hydrogens is 294 g/mol. The van der Waals surface area contributed by atoms with Crippen LogP contribution in [0.15, 0.2) is 23.2 Å². The standard InChI is InChI=1S/C17H27N3O3/c1-18-17(19-9-4-10-23-12-13-5-6-13)20-14-7-8-15(21-2)16(11-14)22-3/h7-8,11,13H,4-6,9-10,12H2,1-3H3,(H2,18,19,20). The first-order chi connectivity index (χ1) is 11.3. The highest BCUT2D eigenvalue weighted by Crippen LogP contribution is 2.30. The lowest BCUT2D eigenvalue weighted by Gasteiger charge is -2.14. The van der Waals surface area contributed by atoms with Gasteiger partial charge in [0.1, 0.15) is 0 Å². The van der Waals surface area contributed by atoms with Gasteiger partial charge in [-0.1, -0.05) is 0 Å². The van der Waals surface area contributed by atoms with E-state index in [2.05, 4.69) is 15.6 Å².